The van der Waals surface area contributed by atoms with Crippen molar-refractivity contribution in [3.63, 3.8) is 0 Å². The minimum atomic E-state index is -0.864. The SMILES string of the molecule is CCCCCCCCc1ccc(C2CCC(N)(CO)C2)cc1.CCCCCCCCc1ccc(CCC(N)(CO)CO)cc1.Cl.Cl.Cl.Cl.Cl.Cl.Cl.Cl.Cl.c1cc(CN2CCCNCCNCCCNCC2)ccc1CN1CCCNCCNCCCNCC1. The molecule has 3 fully saturated rings. The van der Waals surface area contributed by atoms with Gasteiger partial charge >= 0.3 is 0 Å². The fourth-order valence-electron chi connectivity index (χ4n) is 11.2. The number of aliphatic hydroxyl groups is 3. The van der Waals surface area contributed by atoms with Crippen molar-refractivity contribution in [3.8, 4) is 0 Å². The van der Waals surface area contributed by atoms with Crippen molar-refractivity contribution in [2.45, 2.75) is 192 Å². The molecule has 6 rings (SSSR count). The summed E-state index contributed by atoms with van der Waals surface area (Å²) >= 11 is 0. The van der Waals surface area contributed by atoms with Crippen molar-refractivity contribution in [1.29, 1.82) is 0 Å². The van der Waals surface area contributed by atoms with E-state index in [2.05, 4.69) is 128 Å². The molecule has 1 saturated carbocycles. The smallest absolute Gasteiger partial charge is 0.0633 e. The number of nitrogens with two attached hydrogens (primary N) is 2. The fourth-order valence-corrected chi connectivity index (χ4v) is 11.2. The van der Waals surface area contributed by atoms with E-state index in [1.165, 1.54) is 143 Å². The lowest BCUT2D eigenvalue weighted by Crippen LogP contribution is -2.47. The van der Waals surface area contributed by atoms with Crippen LogP contribution in [-0.2, 0) is 32.4 Å². The van der Waals surface area contributed by atoms with E-state index in [4.69, 9.17) is 11.5 Å². The number of hydrogen-bond donors (Lipinski definition) is 11. The van der Waals surface area contributed by atoms with E-state index in [-0.39, 0.29) is 137 Å². The van der Waals surface area contributed by atoms with E-state index in [0.29, 0.717) is 12.3 Å². The third kappa shape index (κ3) is 48.2. The van der Waals surface area contributed by atoms with Gasteiger partial charge in [-0.1, -0.05) is 151 Å². The zero-order chi connectivity index (χ0) is 57.0. The van der Waals surface area contributed by atoms with Crippen LogP contribution in [0.15, 0.2) is 72.8 Å². The van der Waals surface area contributed by atoms with E-state index < -0.39 is 5.54 Å². The Balaban J connectivity index is -0.000000288. The van der Waals surface area contributed by atoms with E-state index in [0.717, 1.165) is 150 Å². The highest BCUT2D eigenvalue weighted by Crippen LogP contribution is 2.39. The van der Waals surface area contributed by atoms with Crippen LogP contribution in [0.4, 0.5) is 0 Å². The Kier molecular flexibility index (Phi) is 73.0. The van der Waals surface area contributed by atoms with Gasteiger partial charge in [-0.15, -0.1) is 112 Å². The van der Waals surface area contributed by atoms with Gasteiger partial charge in [-0.2, -0.15) is 0 Å². The van der Waals surface area contributed by atoms with Crippen LogP contribution in [0.1, 0.15) is 182 Å². The lowest BCUT2D eigenvalue weighted by Gasteiger charge is -2.24. The zero-order valence-corrected chi connectivity index (χ0v) is 62.0. The van der Waals surface area contributed by atoms with Gasteiger partial charge in [-0.25, -0.2) is 0 Å². The zero-order valence-electron chi connectivity index (χ0n) is 54.7. The van der Waals surface area contributed by atoms with Crippen LogP contribution in [0.5, 0.6) is 0 Å². The van der Waals surface area contributed by atoms with Crippen LogP contribution in [0.2, 0.25) is 0 Å². The highest BCUT2D eigenvalue weighted by molar-refractivity contribution is 5.86. The maximum absolute atomic E-state index is 9.38. The largest absolute Gasteiger partial charge is 0.394 e. The number of nitrogens with one attached hydrogen (secondary N) is 6. The lowest BCUT2D eigenvalue weighted by atomic mass is 9.92. The van der Waals surface area contributed by atoms with Crippen molar-refractivity contribution in [1.82, 2.24) is 41.7 Å². The molecule has 0 radical (unpaired) electrons. The number of nitrogens with zero attached hydrogens (tertiary/aromatic N) is 2. The first-order valence-electron chi connectivity index (χ1n) is 32.5. The molecule has 0 aromatic heterocycles. The summed E-state index contributed by atoms with van der Waals surface area (Å²) in [7, 11) is 0. The second-order valence-electron chi connectivity index (χ2n) is 24.0. The summed E-state index contributed by atoms with van der Waals surface area (Å²) in [6.45, 7) is 23.9. The van der Waals surface area contributed by atoms with Gasteiger partial charge in [0.2, 0.25) is 0 Å². The Morgan fingerprint density at radius 3 is 1.13 bits per heavy atom. The molecule has 22 heteroatoms. The van der Waals surface area contributed by atoms with Crippen LogP contribution in [0, 0.1) is 0 Å². The predicted octanol–water partition coefficient (Wildman–Crippen LogP) is 12.0. The van der Waals surface area contributed by atoms with Crippen molar-refractivity contribution in [2.75, 3.05) is 125 Å². The number of aryl methyl sites for hydroxylation is 3. The second kappa shape index (κ2) is 65.1. The molecule has 2 atom stereocenters. The molecule has 3 aromatic carbocycles. The maximum Gasteiger partial charge on any atom is 0.0633 e. The summed E-state index contributed by atoms with van der Waals surface area (Å²) < 4.78 is 0. The van der Waals surface area contributed by atoms with E-state index in [9.17, 15) is 15.3 Å². The van der Waals surface area contributed by atoms with Crippen LogP contribution < -0.4 is 43.4 Å². The monoisotopic (exact) mass is 1440 g/mol. The Bertz CT molecular complexity index is 1840. The van der Waals surface area contributed by atoms with Gasteiger partial charge in [0.1, 0.15) is 0 Å². The Hall–Kier alpha value is -0.250. The van der Waals surface area contributed by atoms with Gasteiger partial charge in [0.15, 0.2) is 0 Å². The van der Waals surface area contributed by atoms with Crippen molar-refractivity contribution in [2.24, 2.45) is 11.5 Å². The van der Waals surface area contributed by atoms with Crippen molar-refractivity contribution < 1.29 is 15.3 Å². The maximum atomic E-state index is 9.38. The number of halogens is 9. The van der Waals surface area contributed by atoms with Crippen molar-refractivity contribution in [3.05, 3.63) is 106 Å². The summed E-state index contributed by atoms with van der Waals surface area (Å²) in [4.78, 5) is 5.23. The number of unbranched alkanes of at least 4 members (excludes halogenated alkanes) is 10. The normalized spacial score (nSPS) is 18.3. The van der Waals surface area contributed by atoms with Crippen molar-refractivity contribution >= 4 is 112 Å². The topological polar surface area (TPSA) is 191 Å². The Labute approximate surface area is 598 Å². The molecule has 3 aliphatic rings. The average molecular weight is 1440 g/mol. The summed E-state index contributed by atoms with van der Waals surface area (Å²) in [5.74, 6) is 0.528. The third-order valence-electron chi connectivity index (χ3n) is 16.7. The van der Waals surface area contributed by atoms with E-state index in [1.807, 2.05) is 0 Å². The molecule has 0 bridgehead atoms. The summed E-state index contributed by atoms with van der Waals surface area (Å²) in [5, 5.41) is 49.2. The average Bonchev–Trinajstić information content (AvgIpc) is 4.08. The summed E-state index contributed by atoms with van der Waals surface area (Å²) in [5.41, 5.74) is 19.2. The van der Waals surface area contributed by atoms with E-state index in [1.54, 1.807) is 0 Å². The lowest BCUT2D eigenvalue weighted by molar-refractivity contribution is 0.115. The van der Waals surface area contributed by atoms with Gasteiger partial charge in [-0.05, 0) is 175 Å². The summed E-state index contributed by atoms with van der Waals surface area (Å²) in [6, 6.07) is 27.2. The molecular formula is C67H129Cl9N10O3. The van der Waals surface area contributed by atoms with Gasteiger partial charge in [-0.3, -0.25) is 9.80 Å². The molecule has 2 heterocycles. The number of hydrogen-bond acceptors (Lipinski definition) is 13. The van der Waals surface area contributed by atoms with Crippen LogP contribution >= 0.6 is 112 Å². The highest BCUT2D eigenvalue weighted by Gasteiger charge is 2.35. The van der Waals surface area contributed by atoms with Gasteiger partial charge in [0.05, 0.1) is 25.4 Å². The number of benzene rings is 3. The van der Waals surface area contributed by atoms with Gasteiger partial charge < -0.3 is 58.7 Å². The molecular weight excluding hydrogens is 1310 g/mol. The van der Waals surface area contributed by atoms with Gasteiger partial charge in [0, 0.05) is 71.0 Å². The van der Waals surface area contributed by atoms with Crippen LogP contribution in [0.25, 0.3) is 0 Å². The second-order valence-corrected chi connectivity index (χ2v) is 24.0. The first-order valence-corrected chi connectivity index (χ1v) is 32.5. The van der Waals surface area contributed by atoms with E-state index >= 15 is 0 Å². The molecule has 528 valence electrons. The highest BCUT2D eigenvalue weighted by atomic mass is 35.5. The molecule has 2 aliphatic heterocycles. The molecule has 1 aliphatic carbocycles. The molecule has 0 amide bonds. The minimum Gasteiger partial charge on any atom is -0.394 e. The number of rotatable bonds is 25. The third-order valence-corrected chi connectivity index (χ3v) is 16.7. The fraction of sp³-hybridized carbons (Fsp3) is 0.731. The molecule has 13 nitrogen and oxygen atoms in total. The number of aliphatic hydroxyl groups excluding tert-OH is 3. The Morgan fingerprint density at radius 2 is 0.764 bits per heavy atom. The van der Waals surface area contributed by atoms with Crippen LogP contribution in [-0.4, -0.2) is 161 Å². The predicted molar refractivity (Wildman–Crippen MR) is 405 cm³/mol. The Morgan fingerprint density at radius 1 is 0.427 bits per heavy atom. The molecule has 3 aromatic rings. The summed E-state index contributed by atoms with van der Waals surface area (Å²) in [6.07, 6.45) is 27.6. The molecule has 13 N–H and O–H groups in total. The minimum absolute atomic E-state index is 0. The molecule has 2 unspecified atom stereocenters. The molecule has 0 spiro atoms. The first kappa shape index (κ1) is 99.8. The quantitative estimate of drug-likeness (QED) is 0.0360. The molecule has 2 saturated heterocycles. The standard InChI is InChI=1S/C28H54N8.C20H33NO.C19H33NO2.9ClH/c1-9-29-15-17-31-13-3-21-35(23-19-33-11-1)25-27-5-7-28(8-6-27)26-36-22-4-14-32-18-16-30-10-2-12-34-20-24-36;1-2-3-4-5-6-7-8-17-9-11-18(12-10-17)19-13-14-20(21,15-19)16-22;1-2-3-4-5-6-7-8-17-9-11-18(12-10-17)13-14-19(20,15-21)16-22;;;;;;;;;/h5-8,29-34H,1-4,9-26H2;9-12,19,22H,2-8,13-16,21H2,1H3;9-12,21-22H,2-8,13-16,20H2,1H3;9*1H. The molecule has 89 heavy (non-hydrogen) atoms. The first-order chi connectivity index (χ1) is 39.2. The van der Waals surface area contributed by atoms with Crippen LogP contribution in [0.3, 0.4) is 0 Å². The van der Waals surface area contributed by atoms with Gasteiger partial charge in [0.25, 0.3) is 0 Å².